The quantitative estimate of drug-likeness (QED) is 0.674. The second kappa shape index (κ2) is 4.00. The van der Waals surface area contributed by atoms with Crippen molar-refractivity contribution in [2.45, 2.75) is 0 Å². The Kier molecular flexibility index (Phi) is 2.34. The molecule has 0 bridgehead atoms. The number of aldehydes is 1. The smallest absolute Gasteiger partial charge is 0.154 e. The van der Waals surface area contributed by atoms with Gasteiger partial charge in [0.1, 0.15) is 5.75 Å². The van der Waals surface area contributed by atoms with Crippen LogP contribution in [0.1, 0.15) is 10.4 Å². The summed E-state index contributed by atoms with van der Waals surface area (Å²) >= 11 is 0. The minimum absolute atomic E-state index is 0.132. The Morgan fingerprint density at radius 3 is 2.78 bits per heavy atom. The molecule has 0 saturated carbocycles. The number of carbonyl (C=O) groups excluding carboxylic acids is 1. The van der Waals surface area contributed by atoms with E-state index < -0.39 is 0 Å². The van der Waals surface area contributed by atoms with E-state index in [1.807, 2.05) is 12.1 Å². The van der Waals surface area contributed by atoms with Crippen LogP contribution in [0.4, 0.5) is 0 Å². The molecule has 0 radical (unpaired) electrons. The minimum atomic E-state index is 0.132. The fraction of sp³-hybridized carbons (Fsp3) is 0. The van der Waals surface area contributed by atoms with E-state index >= 15 is 0 Å². The lowest BCUT2D eigenvalue weighted by Crippen LogP contribution is -1.85. The van der Waals surface area contributed by atoms with Gasteiger partial charge >= 0.3 is 0 Å². The number of benzene rings is 1. The molecule has 0 spiro atoms. The number of fused-ring (bicyclic) bond motifs is 1. The first-order valence-electron chi connectivity index (χ1n) is 5.51. The lowest BCUT2D eigenvalue weighted by molar-refractivity contribution is 0.112. The van der Waals surface area contributed by atoms with E-state index in [-0.39, 0.29) is 5.75 Å². The third kappa shape index (κ3) is 1.47. The van der Waals surface area contributed by atoms with Gasteiger partial charge in [-0.15, -0.1) is 0 Å². The monoisotopic (exact) mass is 238 g/mol. The van der Waals surface area contributed by atoms with Gasteiger partial charge in [0.25, 0.3) is 0 Å². The van der Waals surface area contributed by atoms with Crippen molar-refractivity contribution < 1.29 is 9.90 Å². The summed E-state index contributed by atoms with van der Waals surface area (Å²) in [7, 11) is 0. The van der Waals surface area contributed by atoms with Crippen molar-refractivity contribution >= 4 is 17.3 Å². The van der Waals surface area contributed by atoms with Crippen LogP contribution >= 0.6 is 0 Å². The van der Waals surface area contributed by atoms with Gasteiger partial charge in [0, 0.05) is 11.8 Å². The SMILES string of the molecule is O=Cc1c(-c2ccccc2O)[nH]c2cccnc12. The van der Waals surface area contributed by atoms with Crippen LogP contribution in [0.25, 0.3) is 22.3 Å². The number of carbonyl (C=O) groups is 1. The molecular weight excluding hydrogens is 228 g/mol. The van der Waals surface area contributed by atoms with Gasteiger partial charge in [-0.2, -0.15) is 0 Å². The van der Waals surface area contributed by atoms with Crippen LogP contribution in [-0.4, -0.2) is 21.4 Å². The maximum absolute atomic E-state index is 11.2. The molecule has 1 aromatic carbocycles. The molecule has 0 aliphatic heterocycles. The summed E-state index contributed by atoms with van der Waals surface area (Å²) in [6, 6.07) is 10.5. The summed E-state index contributed by atoms with van der Waals surface area (Å²) < 4.78 is 0. The van der Waals surface area contributed by atoms with E-state index in [1.54, 1.807) is 30.5 Å². The third-order valence-corrected chi connectivity index (χ3v) is 2.88. The summed E-state index contributed by atoms with van der Waals surface area (Å²) in [6.07, 6.45) is 2.39. The van der Waals surface area contributed by atoms with Crippen molar-refractivity contribution in [3.8, 4) is 17.0 Å². The molecule has 3 aromatic rings. The van der Waals surface area contributed by atoms with Crippen molar-refractivity contribution in [2.24, 2.45) is 0 Å². The summed E-state index contributed by atoms with van der Waals surface area (Å²) in [5, 5.41) is 9.85. The van der Waals surface area contributed by atoms with Crippen LogP contribution in [0.15, 0.2) is 42.6 Å². The number of nitrogens with zero attached hydrogens (tertiary/aromatic N) is 1. The van der Waals surface area contributed by atoms with Crippen LogP contribution in [0.5, 0.6) is 5.75 Å². The lowest BCUT2D eigenvalue weighted by Gasteiger charge is -2.02. The van der Waals surface area contributed by atoms with Gasteiger partial charge in [0.15, 0.2) is 6.29 Å². The third-order valence-electron chi connectivity index (χ3n) is 2.88. The minimum Gasteiger partial charge on any atom is -0.507 e. The summed E-state index contributed by atoms with van der Waals surface area (Å²) in [4.78, 5) is 18.5. The predicted molar refractivity (Wildman–Crippen MR) is 68.6 cm³/mol. The first-order valence-corrected chi connectivity index (χ1v) is 5.51. The van der Waals surface area contributed by atoms with Crippen molar-refractivity contribution in [3.05, 3.63) is 48.2 Å². The zero-order valence-corrected chi connectivity index (χ0v) is 9.42. The fourth-order valence-electron chi connectivity index (χ4n) is 2.05. The first-order chi connectivity index (χ1) is 8.81. The zero-order valence-electron chi connectivity index (χ0n) is 9.42. The van der Waals surface area contributed by atoms with Crippen LogP contribution in [0.3, 0.4) is 0 Å². The summed E-state index contributed by atoms with van der Waals surface area (Å²) in [5.74, 6) is 0.132. The Bertz CT molecular complexity index is 731. The van der Waals surface area contributed by atoms with Gasteiger partial charge in [0.05, 0.1) is 22.3 Å². The number of hydrogen-bond acceptors (Lipinski definition) is 3. The Morgan fingerprint density at radius 2 is 2.00 bits per heavy atom. The number of hydrogen-bond donors (Lipinski definition) is 2. The molecule has 2 N–H and O–H groups in total. The molecule has 0 saturated heterocycles. The van der Waals surface area contributed by atoms with E-state index in [0.29, 0.717) is 22.3 Å². The van der Waals surface area contributed by atoms with Crippen LogP contribution in [0, 0.1) is 0 Å². The highest BCUT2D eigenvalue weighted by atomic mass is 16.3. The van der Waals surface area contributed by atoms with Crippen LogP contribution in [0.2, 0.25) is 0 Å². The van der Waals surface area contributed by atoms with Crippen LogP contribution < -0.4 is 0 Å². The fourth-order valence-corrected chi connectivity index (χ4v) is 2.05. The van der Waals surface area contributed by atoms with E-state index in [4.69, 9.17) is 0 Å². The molecule has 0 atom stereocenters. The largest absolute Gasteiger partial charge is 0.507 e. The summed E-state index contributed by atoms with van der Waals surface area (Å²) in [5.41, 5.74) is 3.05. The van der Waals surface area contributed by atoms with E-state index in [1.165, 1.54) is 0 Å². The number of rotatable bonds is 2. The van der Waals surface area contributed by atoms with E-state index in [2.05, 4.69) is 9.97 Å². The van der Waals surface area contributed by atoms with Crippen molar-refractivity contribution in [2.75, 3.05) is 0 Å². The second-order valence-corrected chi connectivity index (χ2v) is 3.95. The molecule has 2 aromatic heterocycles. The van der Waals surface area contributed by atoms with E-state index in [0.717, 1.165) is 11.8 Å². The van der Waals surface area contributed by atoms with Gasteiger partial charge in [-0.05, 0) is 24.3 Å². The van der Waals surface area contributed by atoms with Crippen molar-refractivity contribution in [1.29, 1.82) is 0 Å². The van der Waals surface area contributed by atoms with E-state index in [9.17, 15) is 9.90 Å². The molecule has 3 rings (SSSR count). The van der Waals surface area contributed by atoms with Crippen molar-refractivity contribution in [1.82, 2.24) is 9.97 Å². The number of aromatic nitrogens is 2. The van der Waals surface area contributed by atoms with Gasteiger partial charge < -0.3 is 10.1 Å². The van der Waals surface area contributed by atoms with Crippen LogP contribution in [-0.2, 0) is 0 Å². The zero-order chi connectivity index (χ0) is 12.5. The Balaban J connectivity index is 2.36. The average molecular weight is 238 g/mol. The Labute approximate surface area is 103 Å². The maximum atomic E-state index is 11.2. The number of phenolic OH excluding ortho intramolecular Hbond substituents is 1. The number of para-hydroxylation sites is 1. The number of aromatic amines is 1. The molecule has 0 fully saturated rings. The highest BCUT2D eigenvalue weighted by molar-refractivity contribution is 6.02. The maximum Gasteiger partial charge on any atom is 0.154 e. The van der Waals surface area contributed by atoms with Gasteiger partial charge in [0.2, 0.25) is 0 Å². The highest BCUT2D eigenvalue weighted by Crippen LogP contribution is 2.33. The predicted octanol–water partition coefficient (Wildman–Crippen LogP) is 2.75. The normalized spacial score (nSPS) is 10.7. The number of phenols is 1. The number of H-pyrrole nitrogens is 1. The Morgan fingerprint density at radius 1 is 1.17 bits per heavy atom. The number of aromatic hydroxyl groups is 1. The standard InChI is InChI=1S/C14H10N2O2/c17-8-10-13(9-4-1-2-6-12(9)18)16-11-5-3-7-15-14(10)11/h1-8,16,18H. The average Bonchev–Trinajstić information content (AvgIpc) is 2.77. The summed E-state index contributed by atoms with van der Waals surface area (Å²) in [6.45, 7) is 0. The molecule has 18 heavy (non-hydrogen) atoms. The first kappa shape index (κ1) is 10.5. The molecule has 0 amide bonds. The molecule has 4 heteroatoms. The molecule has 4 nitrogen and oxygen atoms in total. The molecule has 0 unspecified atom stereocenters. The Hall–Kier alpha value is -2.62. The molecule has 0 aliphatic rings. The molecule has 2 heterocycles. The van der Waals surface area contributed by atoms with Gasteiger partial charge in [-0.3, -0.25) is 9.78 Å². The highest BCUT2D eigenvalue weighted by Gasteiger charge is 2.15. The molecule has 88 valence electrons. The molecule has 0 aliphatic carbocycles. The number of nitrogens with one attached hydrogen (secondary N) is 1. The van der Waals surface area contributed by atoms with Gasteiger partial charge in [-0.1, -0.05) is 12.1 Å². The second-order valence-electron chi connectivity index (χ2n) is 3.95. The van der Waals surface area contributed by atoms with Gasteiger partial charge in [-0.25, -0.2) is 0 Å². The topological polar surface area (TPSA) is 66.0 Å². The lowest BCUT2D eigenvalue weighted by atomic mass is 10.1. The number of pyridine rings is 1. The molecular formula is C14H10N2O2. The van der Waals surface area contributed by atoms with Crippen molar-refractivity contribution in [3.63, 3.8) is 0 Å².